The molecule has 0 radical (unpaired) electrons. The highest BCUT2D eigenvalue weighted by Gasteiger charge is 2.34. The maximum absolute atomic E-state index is 11.5. The number of hydrogen-bond donors (Lipinski definition) is 0. The largest absolute Gasteiger partial charge is 0.468 e. The molecule has 5 heteroatoms. The second-order valence-electron chi connectivity index (χ2n) is 3.39. The van der Waals surface area contributed by atoms with Crippen LogP contribution in [0, 0.1) is 0 Å². The van der Waals surface area contributed by atoms with E-state index in [1.165, 1.54) is 12.3 Å². The second-order valence-corrected chi connectivity index (χ2v) is 3.39. The van der Waals surface area contributed by atoms with Crippen LogP contribution in [0.15, 0.2) is 30.3 Å². The standard InChI is InChI=1S/C11H13NO4/c1-14-11(13)10(12-15-8-16-12)7-9-5-3-2-4-6-9/h2-6,10H,7-8H2,1H3/t10-/m0/s1. The predicted molar refractivity (Wildman–Crippen MR) is 54.8 cm³/mol. The molecule has 0 aliphatic carbocycles. The van der Waals surface area contributed by atoms with Crippen LogP contribution in [0.1, 0.15) is 5.56 Å². The minimum absolute atomic E-state index is 0.183. The number of hydrogen-bond acceptors (Lipinski definition) is 5. The lowest BCUT2D eigenvalue weighted by molar-refractivity contribution is -0.528. The lowest BCUT2D eigenvalue weighted by atomic mass is 10.1. The Balaban J connectivity index is 2.04. The zero-order valence-electron chi connectivity index (χ0n) is 8.96. The first-order valence-electron chi connectivity index (χ1n) is 4.98. The van der Waals surface area contributed by atoms with Crippen LogP contribution in [0.2, 0.25) is 0 Å². The molecule has 1 saturated heterocycles. The number of nitrogens with zero attached hydrogens (tertiary/aromatic N) is 1. The van der Waals surface area contributed by atoms with E-state index in [2.05, 4.69) is 0 Å². The molecule has 1 heterocycles. The number of rotatable bonds is 4. The molecule has 2 rings (SSSR count). The summed E-state index contributed by atoms with van der Waals surface area (Å²) >= 11 is 0. The van der Waals surface area contributed by atoms with Crippen LogP contribution >= 0.6 is 0 Å². The average molecular weight is 223 g/mol. The Labute approximate surface area is 93.4 Å². The molecule has 1 aliphatic rings. The van der Waals surface area contributed by atoms with Crippen molar-refractivity contribution in [3.63, 3.8) is 0 Å². The van der Waals surface area contributed by atoms with Gasteiger partial charge in [-0.15, -0.1) is 0 Å². The summed E-state index contributed by atoms with van der Waals surface area (Å²) in [6, 6.07) is 9.09. The Morgan fingerprint density at radius 1 is 1.44 bits per heavy atom. The van der Waals surface area contributed by atoms with E-state index in [1.807, 2.05) is 30.3 Å². The molecule has 1 atom stereocenters. The third-order valence-corrected chi connectivity index (χ3v) is 2.36. The van der Waals surface area contributed by atoms with E-state index in [0.29, 0.717) is 6.42 Å². The Hall–Kier alpha value is -1.43. The lowest BCUT2D eigenvalue weighted by Gasteiger charge is -2.33. The van der Waals surface area contributed by atoms with E-state index in [1.54, 1.807) is 0 Å². The molecule has 0 unspecified atom stereocenters. The zero-order valence-corrected chi connectivity index (χ0v) is 8.96. The van der Waals surface area contributed by atoms with Gasteiger partial charge in [0.15, 0.2) is 12.8 Å². The van der Waals surface area contributed by atoms with Crippen LogP contribution in [-0.4, -0.2) is 31.1 Å². The molecule has 1 aromatic rings. The fourth-order valence-corrected chi connectivity index (χ4v) is 1.51. The number of carbonyl (C=O) groups is 1. The number of methoxy groups -OCH3 is 1. The molecule has 5 nitrogen and oxygen atoms in total. The summed E-state index contributed by atoms with van der Waals surface area (Å²) < 4.78 is 4.70. The van der Waals surface area contributed by atoms with Gasteiger partial charge in [-0.3, -0.25) is 4.79 Å². The van der Waals surface area contributed by atoms with Crippen molar-refractivity contribution in [3.05, 3.63) is 35.9 Å². The van der Waals surface area contributed by atoms with Gasteiger partial charge in [-0.1, -0.05) is 30.3 Å². The van der Waals surface area contributed by atoms with Gasteiger partial charge in [0.2, 0.25) is 0 Å². The van der Waals surface area contributed by atoms with Gasteiger partial charge in [0.1, 0.15) is 0 Å². The molecule has 1 aliphatic heterocycles. The first kappa shape index (κ1) is 11.1. The summed E-state index contributed by atoms with van der Waals surface area (Å²) in [7, 11) is 1.35. The number of ether oxygens (including phenoxy) is 1. The summed E-state index contributed by atoms with van der Waals surface area (Å²) in [4.78, 5) is 21.5. The molecule has 0 N–H and O–H groups in total. The molecule has 0 saturated carbocycles. The highest BCUT2D eigenvalue weighted by atomic mass is 17.1. The van der Waals surface area contributed by atoms with Crippen molar-refractivity contribution in [2.75, 3.05) is 13.9 Å². The van der Waals surface area contributed by atoms with Crippen LogP contribution in [-0.2, 0) is 25.6 Å². The molecule has 1 aromatic carbocycles. The van der Waals surface area contributed by atoms with E-state index >= 15 is 0 Å². The van der Waals surface area contributed by atoms with Crippen molar-refractivity contribution in [2.45, 2.75) is 12.5 Å². The van der Waals surface area contributed by atoms with Crippen LogP contribution in [0.5, 0.6) is 0 Å². The number of benzene rings is 1. The van der Waals surface area contributed by atoms with Gasteiger partial charge in [-0.2, -0.15) is 0 Å². The molecular formula is C11H13NO4. The molecular weight excluding hydrogens is 210 g/mol. The quantitative estimate of drug-likeness (QED) is 0.710. The fraction of sp³-hybridized carbons (Fsp3) is 0.364. The summed E-state index contributed by atoms with van der Waals surface area (Å²) in [5.74, 6) is -0.372. The molecule has 16 heavy (non-hydrogen) atoms. The Morgan fingerprint density at radius 3 is 2.62 bits per heavy atom. The summed E-state index contributed by atoms with van der Waals surface area (Å²) in [5, 5.41) is 1.18. The Morgan fingerprint density at radius 2 is 2.12 bits per heavy atom. The molecule has 0 aromatic heterocycles. The van der Waals surface area contributed by atoms with Crippen molar-refractivity contribution in [1.82, 2.24) is 5.23 Å². The average Bonchev–Trinajstić information content (AvgIpc) is 2.26. The van der Waals surface area contributed by atoms with Gasteiger partial charge in [0.05, 0.1) is 7.11 Å². The number of carbonyl (C=O) groups excluding carboxylic acids is 1. The van der Waals surface area contributed by atoms with Gasteiger partial charge in [0, 0.05) is 6.42 Å². The van der Waals surface area contributed by atoms with Crippen LogP contribution < -0.4 is 0 Å². The molecule has 0 spiro atoms. The third-order valence-electron chi connectivity index (χ3n) is 2.36. The molecule has 0 bridgehead atoms. The second kappa shape index (κ2) is 5.07. The van der Waals surface area contributed by atoms with Crippen molar-refractivity contribution in [2.24, 2.45) is 0 Å². The van der Waals surface area contributed by atoms with E-state index in [0.717, 1.165) is 5.56 Å². The maximum atomic E-state index is 11.5. The lowest BCUT2D eigenvalue weighted by Crippen LogP contribution is -2.50. The van der Waals surface area contributed by atoms with Crippen molar-refractivity contribution >= 4 is 5.97 Å². The van der Waals surface area contributed by atoms with E-state index < -0.39 is 6.04 Å². The Bertz CT molecular complexity index is 350. The SMILES string of the molecule is COC(=O)[C@H](Cc1ccccc1)N1OCO1. The highest BCUT2D eigenvalue weighted by molar-refractivity contribution is 5.75. The fourth-order valence-electron chi connectivity index (χ4n) is 1.51. The Kier molecular flexibility index (Phi) is 3.51. The summed E-state index contributed by atoms with van der Waals surface area (Å²) in [6.45, 7) is 0.183. The monoisotopic (exact) mass is 223 g/mol. The van der Waals surface area contributed by atoms with Crippen LogP contribution in [0.3, 0.4) is 0 Å². The van der Waals surface area contributed by atoms with Crippen LogP contribution in [0.25, 0.3) is 0 Å². The minimum atomic E-state index is -0.554. The topological polar surface area (TPSA) is 48.0 Å². The van der Waals surface area contributed by atoms with Crippen LogP contribution in [0.4, 0.5) is 0 Å². The first-order valence-corrected chi connectivity index (χ1v) is 4.98. The van der Waals surface area contributed by atoms with Crippen molar-refractivity contribution in [1.29, 1.82) is 0 Å². The van der Waals surface area contributed by atoms with Gasteiger partial charge < -0.3 is 4.74 Å². The molecule has 0 amide bonds. The van der Waals surface area contributed by atoms with E-state index in [9.17, 15) is 4.79 Å². The summed E-state index contributed by atoms with van der Waals surface area (Å²) in [5.41, 5.74) is 1.03. The normalized spacial score (nSPS) is 17.6. The van der Waals surface area contributed by atoms with Gasteiger partial charge in [-0.25, -0.2) is 9.68 Å². The number of hydroxylamine groups is 2. The van der Waals surface area contributed by atoms with Crippen molar-refractivity contribution < 1.29 is 19.2 Å². The van der Waals surface area contributed by atoms with Gasteiger partial charge >= 0.3 is 5.97 Å². The molecule has 1 fully saturated rings. The smallest absolute Gasteiger partial charge is 0.328 e. The van der Waals surface area contributed by atoms with E-state index in [4.69, 9.17) is 14.4 Å². The maximum Gasteiger partial charge on any atom is 0.328 e. The third kappa shape index (κ3) is 2.38. The number of esters is 1. The predicted octanol–water partition coefficient (Wildman–Crippen LogP) is 0.907. The highest BCUT2D eigenvalue weighted by Crippen LogP contribution is 2.16. The first-order chi connectivity index (χ1) is 7.81. The van der Waals surface area contributed by atoms with Gasteiger partial charge in [-0.05, 0) is 10.8 Å². The van der Waals surface area contributed by atoms with E-state index in [-0.39, 0.29) is 12.8 Å². The van der Waals surface area contributed by atoms with Gasteiger partial charge in [0.25, 0.3) is 0 Å². The zero-order chi connectivity index (χ0) is 11.4. The minimum Gasteiger partial charge on any atom is -0.468 e. The summed E-state index contributed by atoms with van der Waals surface area (Å²) in [6.07, 6.45) is 0.494. The molecule has 86 valence electrons. The van der Waals surface area contributed by atoms with Crippen molar-refractivity contribution in [3.8, 4) is 0 Å².